The van der Waals surface area contributed by atoms with Crippen LogP contribution in [0.5, 0.6) is 5.88 Å². The Kier molecular flexibility index (Phi) is 8.20. The van der Waals surface area contributed by atoms with E-state index in [1.165, 1.54) is 0 Å². The van der Waals surface area contributed by atoms with Gasteiger partial charge in [-0.15, -0.1) is 0 Å². The van der Waals surface area contributed by atoms with E-state index in [2.05, 4.69) is 21.7 Å². The summed E-state index contributed by atoms with van der Waals surface area (Å²) in [6.45, 7) is 11.0. The summed E-state index contributed by atoms with van der Waals surface area (Å²) in [6.07, 6.45) is 8.33. The van der Waals surface area contributed by atoms with E-state index in [1.54, 1.807) is 30.7 Å². The van der Waals surface area contributed by atoms with Crippen LogP contribution >= 0.6 is 0 Å². The summed E-state index contributed by atoms with van der Waals surface area (Å²) >= 11 is 0. The SMILES string of the molecule is C=N/C=C\C=C(/C)Oc1cnc(C)cn1.CC. The standard InChI is InChI=1S/C11H13N3O.C2H6/c1-9-7-14-11(8-13-9)15-10(2)5-4-6-12-3;1-2/h4-8H,3H2,1-2H3;1-2H3/b6-4-,10-5+;. The second-order valence-corrected chi connectivity index (χ2v) is 2.90. The summed E-state index contributed by atoms with van der Waals surface area (Å²) in [4.78, 5) is 11.7. The lowest BCUT2D eigenvalue weighted by Gasteiger charge is -2.02. The zero-order valence-corrected chi connectivity index (χ0v) is 10.8. The highest BCUT2D eigenvalue weighted by molar-refractivity contribution is 5.26. The fourth-order valence-corrected chi connectivity index (χ4v) is 0.872. The van der Waals surface area contributed by atoms with Crippen molar-refractivity contribution < 1.29 is 4.74 Å². The molecule has 1 aromatic heterocycles. The van der Waals surface area contributed by atoms with E-state index in [9.17, 15) is 0 Å². The molecule has 0 N–H and O–H groups in total. The van der Waals surface area contributed by atoms with E-state index in [0.717, 1.165) is 5.69 Å². The molecule has 0 aliphatic rings. The number of aromatic nitrogens is 2. The Labute approximate surface area is 103 Å². The van der Waals surface area contributed by atoms with E-state index in [-0.39, 0.29) is 0 Å². The molecule has 4 nitrogen and oxygen atoms in total. The van der Waals surface area contributed by atoms with Gasteiger partial charge in [0, 0.05) is 6.20 Å². The average Bonchev–Trinajstić information content (AvgIpc) is 2.35. The fraction of sp³-hybridized carbons (Fsp3) is 0.308. The summed E-state index contributed by atoms with van der Waals surface area (Å²) in [5, 5.41) is 0. The monoisotopic (exact) mass is 233 g/mol. The maximum atomic E-state index is 5.39. The lowest BCUT2D eigenvalue weighted by molar-refractivity contribution is 0.408. The van der Waals surface area contributed by atoms with Crippen LogP contribution in [0.3, 0.4) is 0 Å². The number of hydrogen-bond acceptors (Lipinski definition) is 4. The zero-order chi connectivity index (χ0) is 13.1. The van der Waals surface area contributed by atoms with E-state index in [1.807, 2.05) is 27.7 Å². The minimum atomic E-state index is 0.481. The summed E-state index contributed by atoms with van der Waals surface area (Å²) in [5.74, 6) is 1.20. The third-order valence-corrected chi connectivity index (χ3v) is 1.55. The van der Waals surface area contributed by atoms with Gasteiger partial charge >= 0.3 is 0 Å². The maximum absolute atomic E-state index is 5.39. The molecule has 17 heavy (non-hydrogen) atoms. The van der Waals surface area contributed by atoms with Gasteiger partial charge < -0.3 is 4.74 Å². The minimum absolute atomic E-state index is 0.481. The number of allylic oxidation sites excluding steroid dienone is 3. The first kappa shape index (κ1) is 15.0. The lowest BCUT2D eigenvalue weighted by Crippen LogP contribution is -1.94. The summed E-state index contributed by atoms with van der Waals surface area (Å²) in [5.41, 5.74) is 0.861. The van der Waals surface area contributed by atoms with Gasteiger partial charge in [0.25, 0.3) is 0 Å². The molecule has 1 heterocycles. The molecule has 0 aromatic carbocycles. The molecular formula is C13H19N3O. The molecule has 1 rings (SSSR count). The third kappa shape index (κ3) is 7.00. The molecule has 0 fully saturated rings. The Morgan fingerprint density at radius 3 is 2.59 bits per heavy atom. The second-order valence-electron chi connectivity index (χ2n) is 2.90. The molecule has 4 heteroatoms. The zero-order valence-electron chi connectivity index (χ0n) is 10.8. The van der Waals surface area contributed by atoms with Crippen molar-refractivity contribution in [3.8, 4) is 5.88 Å². The first-order chi connectivity index (χ1) is 8.22. The van der Waals surface area contributed by atoms with Crippen molar-refractivity contribution >= 4 is 6.72 Å². The molecule has 0 spiro atoms. The molecule has 0 aliphatic heterocycles. The van der Waals surface area contributed by atoms with E-state index >= 15 is 0 Å². The van der Waals surface area contributed by atoms with Crippen molar-refractivity contribution in [2.45, 2.75) is 27.7 Å². The topological polar surface area (TPSA) is 47.4 Å². The molecule has 0 unspecified atom stereocenters. The Balaban J connectivity index is 0.00000121. The van der Waals surface area contributed by atoms with Gasteiger partial charge in [0.15, 0.2) is 0 Å². The van der Waals surface area contributed by atoms with Crippen LogP contribution in [0.2, 0.25) is 0 Å². The molecule has 0 saturated carbocycles. The third-order valence-electron chi connectivity index (χ3n) is 1.55. The Morgan fingerprint density at radius 1 is 1.35 bits per heavy atom. The van der Waals surface area contributed by atoms with Gasteiger partial charge in [0.1, 0.15) is 5.76 Å². The maximum Gasteiger partial charge on any atom is 0.237 e. The van der Waals surface area contributed by atoms with Crippen molar-refractivity contribution in [1.29, 1.82) is 0 Å². The number of hydrogen-bond donors (Lipinski definition) is 0. The molecule has 0 saturated heterocycles. The first-order valence-corrected chi connectivity index (χ1v) is 5.48. The van der Waals surface area contributed by atoms with Crippen LogP contribution < -0.4 is 4.74 Å². The van der Waals surface area contributed by atoms with Gasteiger partial charge in [-0.3, -0.25) is 9.98 Å². The van der Waals surface area contributed by atoms with E-state index in [0.29, 0.717) is 11.6 Å². The van der Waals surface area contributed by atoms with Crippen LogP contribution in [0.4, 0.5) is 0 Å². The number of nitrogens with zero attached hydrogens (tertiary/aromatic N) is 3. The van der Waals surface area contributed by atoms with Gasteiger partial charge in [0.2, 0.25) is 5.88 Å². The van der Waals surface area contributed by atoms with Crippen molar-refractivity contribution in [3.05, 3.63) is 42.2 Å². The number of rotatable bonds is 4. The van der Waals surface area contributed by atoms with Crippen molar-refractivity contribution in [2.24, 2.45) is 4.99 Å². The number of ether oxygens (including phenoxy) is 1. The van der Waals surface area contributed by atoms with Crippen LogP contribution in [0.15, 0.2) is 41.5 Å². The lowest BCUT2D eigenvalue weighted by atomic mass is 10.4. The Hall–Kier alpha value is -1.97. The molecule has 0 bridgehead atoms. The normalized spacial score (nSPS) is 10.7. The summed E-state index contributed by atoms with van der Waals surface area (Å²) in [6, 6.07) is 0. The predicted octanol–water partition coefficient (Wildman–Crippen LogP) is 3.31. The molecule has 1 aromatic rings. The van der Waals surface area contributed by atoms with Crippen LogP contribution in [0, 0.1) is 6.92 Å². The van der Waals surface area contributed by atoms with Crippen LogP contribution in [-0.4, -0.2) is 16.7 Å². The minimum Gasteiger partial charge on any atom is -0.442 e. The summed E-state index contributed by atoms with van der Waals surface area (Å²) in [7, 11) is 0. The van der Waals surface area contributed by atoms with Crippen LogP contribution in [0.25, 0.3) is 0 Å². The Morgan fingerprint density at radius 2 is 2.06 bits per heavy atom. The highest BCUT2D eigenvalue weighted by Gasteiger charge is 1.95. The smallest absolute Gasteiger partial charge is 0.237 e. The second kappa shape index (κ2) is 9.27. The van der Waals surface area contributed by atoms with E-state index < -0.39 is 0 Å². The predicted molar refractivity (Wildman–Crippen MR) is 71.2 cm³/mol. The average molecular weight is 233 g/mol. The first-order valence-electron chi connectivity index (χ1n) is 5.48. The molecule has 0 amide bonds. The Bertz CT molecular complexity index is 380. The molecule has 0 radical (unpaired) electrons. The molecular weight excluding hydrogens is 214 g/mol. The number of aliphatic imine (C=N–C) groups is 1. The van der Waals surface area contributed by atoms with Crippen LogP contribution in [-0.2, 0) is 0 Å². The van der Waals surface area contributed by atoms with Crippen molar-refractivity contribution in [2.75, 3.05) is 0 Å². The fourth-order valence-electron chi connectivity index (χ4n) is 0.872. The van der Waals surface area contributed by atoms with Gasteiger partial charge in [-0.2, -0.15) is 0 Å². The van der Waals surface area contributed by atoms with Gasteiger partial charge in [-0.05, 0) is 32.7 Å². The molecule has 0 aliphatic carbocycles. The highest BCUT2D eigenvalue weighted by Crippen LogP contribution is 2.07. The van der Waals surface area contributed by atoms with Crippen molar-refractivity contribution in [3.63, 3.8) is 0 Å². The van der Waals surface area contributed by atoms with E-state index in [4.69, 9.17) is 4.74 Å². The quantitative estimate of drug-likeness (QED) is 0.455. The largest absolute Gasteiger partial charge is 0.442 e. The molecule has 0 atom stereocenters. The summed E-state index contributed by atoms with van der Waals surface area (Å²) < 4.78 is 5.39. The van der Waals surface area contributed by atoms with Gasteiger partial charge in [0.05, 0.1) is 18.1 Å². The van der Waals surface area contributed by atoms with Crippen LogP contribution in [0.1, 0.15) is 26.5 Å². The highest BCUT2D eigenvalue weighted by atomic mass is 16.5. The van der Waals surface area contributed by atoms with Gasteiger partial charge in [-0.25, -0.2) is 4.98 Å². The van der Waals surface area contributed by atoms with Crippen molar-refractivity contribution in [1.82, 2.24) is 9.97 Å². The molecule has 92 valence electrons. The van der Waals surface area contributed by atoms with Gasteiger partial charge in [-0.1, -0.05) is 13.8 Å². The number of aryl methyl sites for hydroxylation is 1.